The van der Waals surface area contributed by atoms with Crippen molar-refractivity contribution >= 4 is 23.8 Å². The summed E-state index contributed by atoms with van der Waals surface area (Å²) < 4.78 is 0. The van der Waals surface area contributed by atoms with Crippen LogP contribution in [0.25, 0.3) is 0 Å². The SMILES string of the molecule is Cc1cc(C)cc(CN=C/C(=C\N)Nc2nccc(Cl)n2)c1. The summed E-state index contributed by atoms with van der Waals surface area (Å²) in [6, 6.07) is 7.97. The fourth-order valence-corrected chi connectivity index (χ4v) is 2.19. The number of allylic oxidation sites excluding steroid dienone is 1. The molecular formula is C16H18ClN5. The van der Waals surface area contributed by atoms with Crippen LogP contribution in [0.1, 0.15) is 16.7 Å². The molecule has 22 heavy (non-hydrogen) atoms. The summed E-state index contributed by atoms with van der Waals surface area (Å²) in [7, 11) is 0. The van der Waals surface area contributed by atoms with Crippen LogP contribution in [0, 0.1) is 13.8 Å². The number of aryl methyl sites for hydroxylation is 2. The van der Waals surface area contributed by atoms with Crippen molar-refractivity contribution < 1.29 is 0 Å². The van der Waals surface area contributed by atoms with Gasteiger partial charge in [-0.1, -0.05) is 40.9 Å². The standard InChI is InChI=1S/C16H18ClN5/c1-11-5-12(2)7-13(6-11)9-19-10-14(8-18)21-16-20-4-3-15(17)22-16/h3-8,10H,9,18H2,1-2H3,(H,20,21,22)/b14-8+,19-10?. The van der Waals surface area contributed by atoms with Crippen LogP contribution in [0.4, 0.5) is 5.95 Å². The van der Waals surface area contributed by atoms with Gasteiger partial charge in [0.05, 0.1) is 12.2 Å². The first-order valence-corrected chi connectivity index (χ1v) is 7.19. The van der Waals surface area contributed by atoms with Gasteiger partial charge in [-0.2, -0.15) is 0 Å². The smallest absolute Gasteiger partial charge is 0.228 e. The fourth-order valence-electron chi connectivity index (χ4n) is 2.05. The number of aromatic nitrogens is 2. The Morgan fingerprint density at radius 2 is 2.05 bits per heavy atom. The topological polar surface area (TPSA) is 76.2 Å². The number of hydrogen-bond donors (Lipinski definition) is 2. The highest BCUT2D eigenvalue weighted by atomic mass is 35.5. The Morgan fingerprint density at radius 3 is 2.68 bits per heavy atom. The average Bonchev–Trinajstić information content (AvgIpc) is 2.45. The highest BCUT2D eigenvalue weighted by Gasteiger charge is 1.99. The van der Waals surface area contributed by atoms with Gasteiger partial charge in [0.2, 0.25) is 5.95 Å². The van der Waals surface area contributed by atoms with Crippen LogP contribution in [0.2, 0.25) is 5.15 Å². The number of anilines is 1. The Hall–Kier alpha value is -2.40. The third-order valence-corrected chi connectivity index (χ3v) is 3.05. The Balaban J connectivity index is 2.01. The van der Waals surface area contributed by atoms with Gasteiger partial charge in [-0.3, -0.25) is 4.99 Å². The van der Waals surface area contributed by atoms with E-state index in [-0.39, 0.29) is 0 Å². The predicted molar refractivity (Wildman–Crippen MR) is 91.0 cm³/mol. The molecule has 0 unspecified atom stereocenters. The van der Waals surface area contributed by atoms with E-state index >= 15 is 0 Å². The Morgan fingerprint density at radius 1 is 1.32 bits per heavy atom. The zero-order chi connectivity index (χ0) is 15.9. The summed E-state index contributed by atoms with van der Waals surface area (Å²) in [6.45, 7) is 4.73. The number of hydrogen-bond acceptors (Lipinski definition) is 5. The predicted octanol–water partition coefficient (Wildman–Crippen LogP) is 3.23. The minimum Gasteiger partial charge on any atom is -0.403 e. The van der Waals surface area contributed by atoms with Gasteiger partial charge in [0.25, 0.3) is 0 Å². The zero-order valence-electron chi connectivity index (χ0n) is 12.5. The fraction of sp³-hybridized carbons (Fsp3) is 0.188. The third kappa shape index (κ3) is 4.86. The van der Waals surface area contributed by atoms with E-state index in [1.54, 1.807) is 18.5 Å². The highest BCUT2D eigenvalue weighted by molar-refractivity contribution is 6.29. The molecular weight excluding hydrogens is 298 g/mol. The molecule has 1 aromatic heterocycles. The van der Waals surface area contributed by atoms with Crippen molar-refractivity contribution in [3.8, 4) is 0 Å². The van der Waals surface area contributed by atoms with E-state index in [1.807, 2.05) is 0 Å². The van der Waals surface area contributed by atoms with E-state index in [2.05, 4.69) is 52.3 Å². The lowest BCUT2D eigenvalue weighted by Crippen LogP contribution is -2.07. The van der Waals surface area contributed by atoms with E-state index in [1.165, 1.54) is 17.3 Å². The van der Waals surface area contributed by atoms with Gasteiger partial charge in [-0.15, -0.1) is 0 Å². The summed E-state index contributed by atoms with van der Waals surface area (Å²) in [5.74, 6) is 0.377. The maximum atomic E-state index is 5.81. The molecule has 1 aromatic carbocycles. The minimum absolute atomic E-state index is 0.362. The first-order valence-electron chi connectivity index (χ1n) is 6.81. The second kappa shape index (κ2) is 7.56. The van der Waals surface area contributed by atoms with E-state index in [0.29, 0.717) is 23.3 Å². The molecule has 0 aliphatic rings. The lowest BCUT2D eigenvalue weighted by atomic mass is 10.1. The first-order chi connectivity index (χ1) is 10.6. The van der Waals surface area contributed by atoms with E-state index in [4.69, 9.17) is 17.3 Å². The Kier molecular flexibility index (Phi) is 5.49. The van der Waals surface area contributed by atoms with Crippen LogP contribution in [0.3, 0.4) is 0 Å². The molecule has 0 aliphatic carbocycles. The molecule has 1 heterocycles. The lowest BCUT2D eigenvalue weighted by Gasteiger charge is -2.05. The van der Waals surface area contributed by atoms with Gasteiger partial charge in [0, 0.05) is 18.6 Å². The Labute approximate surface area is 135 Å². The lowest BCUT2D eigenvalue weighted by molar-refractivity contribution is 1.06. The second-order valence-electron chi connectivity index (χ2n) is 4.92. The van der Waals surface area contributed by atoms with Gasteiger partial charge in [0.15, 0.2) is 0 Å². The van der Waals surface area contributed by atoms with E-state index in [9.17, 15) is 0 Å². The molecule has 0 atom stereocenters. The maximum absolute atomic E-state index is 5.81. The quantitative estimate of drug-likeness (QED) is 0.656. The number of nitrogens with two attached hydrogens (primary N) is 1. The number of rotatable bonds is 5. The highest BCUT2D eigenvalue weighted by Crippen LogP contribution is 2.10. The van der Waals surface area contributed by atoms with Gasteiger partial charge in [-0.25, -0.2) is 9.97 Å². The van der Waals surface area contributed by atoms with E-state index in [0.717, 1.165) is 5.56 Å². The molecule has 0 spiro atoms. The van der Waals surface area contributed by atoms with Crippen molar-refractivity contribution in [2.24, 2.45) is 10.7 Å². The third-order valence-electron chi connectivity index (χ3n) is 2.84. The molecule has 0 saturated heterocycles. The van der Waals surface area contributed by atoms with Crippen molar-refractivity contribution in [1.29, 1.82) is 0 Å². The molecule has 3 N–H and O–H groups in total. The molecule has 0 bridgehead atoms. The number of nitrogens with zero attached hydrogens (tertiary/aromatic N) is 3. The van der Waals surface area contributed by atoms with Gasteiger partial charge in [-0.05, 0) is 25.5 Å². The molecule has 2 aromatic rings. The molecule has 2 rings (SSSR count). The number of aliphatic imine (C=N–C) groups is 1. The van der Waals surface area contributed by atoms with Crippen LogP contribution in [-0.4, -0.2) is 16.2 Å². The zero-order valence-corrected chi connectivity index (χ0v) is 13.3. The monoisotopic (exact) mass is 315 g/mol. The van der Waals surface area contributed by atoms with E-state index < -0.39 is 0 Å². The summed E-state index contributed by atoms with van der Waals surface area (Å²) >= 11 is 5.81. The van der Waals surface area contributed by atoms with Crippen LogP contribution in [0.15, 0.2) is 47.4 Å². The van der Waals surface area contributed by atoms with Crippen LogP contribution < -0.4 is 11.1 Å². The summed E-state index contributed by atoms with van der Waals surface area (Å²) in [5, 5.41) is 3.32. The molecule has 114 valence electrons. The number of benzene rings is 1. The molecule has 0 fully saturated rings. The van der Waals surface area contributed by atoms with Crippen molar-refractivity contribution in [3.05, 3.63) is 64.2 Å². The normalized spacial score (nSPS) is 11.9. The van der Waals surface area contributed by atoms with Crippen LogP contribution in [0.5, 0.6) is 0 Å². The van der Waals surface area contributed by atoms with Crippen molar-refractivity contribution in [1.82, 2.24) is 9.97 Å². The molecule has 0 saturated carbocycles. The van der Waals surface area contributed by atoms with Crippen LogP contribution in [-0.2, 0) is 6.54 Å². The molecule has 0 aliphatic heterocycles. The largest absolute Gasteiger partial charge is 0.403 e. The maximum Gasteiger partial charge on any atom is 0.228 e. The molecule has 5 nitrogen and oxygen atoms in total. The van der Waals surface area contributed by atoms with Crippen LogP contribution >= 0.6 is 11.6 Å². The Bertz CT molecular complexity index is 689. The average molecular weight is 316 g/mol. The summed E-state index contributed by atoms with van der Waals surface area (Å²) in [4.78, 5) is 12.5. The number of nitrogens with one attached hydrogen (secondary N) is 1. The van der Waals surface area contributed by atoms with Crippen molar-refractivity contribution in [2.75, 3.05) is 5.32 Å². The summed E-state index contributed by atoms with van der Waals surface area (Å²) in [6.07, 6.45) is 4.63. The summed E-state index contributed by atoms with van der Waals surface area (Å²) in [5.41, 5.74) is 9.80. The molecule has 0 amide bonds. The van der Waals surface area contributed by atoms with Crippen molar-refractivity contribution in [2.45, 2.75) is 20.4 Å². The minimum atomic E-state index is 0.362. The van der Waals surface area contributed by atoms with Crippen molar-refractivity contribution in [3.63, 3.8) is 0 Å². The first kappa shape index (κ1) is 16.0. The second-order valence-corrected chi connectivity index (χ2v) is 5.30. The molecule has 6 heteroatoms. The number of halogens is 1. The molecule has 0 radical (unpaired) electrons. The van der Waals surface area contributed by atoms with Gasteiger partial charge in [0.1, 0.15) is 5.15 Å². The van der Waals surface area contributed by atoms with Gasteiger partial charge < -0.3 is 11.1 Å². The van der Waals surface area contributed by atoms with Gasteiger partial charge >= 0.3 is 0 Å².